The predicted octanol–water partition coefficient (Wildman–Crippen LogP) is -0.242. The molecule has 3 N–H and O–H groups in total. The van der Waals surface area contributed by atoms with Crippen molar-refractivity contribution in [3.05, 3.63) is 0 Å². The van der Waals surface area contributed by atoms with Crippen LogP contribution in [0.25, 0.3) is 0 Å². The second-order valence-electron chi connectivity index (χ2n) is 4.98. The number of sulfonamides is 1. The second-order valence-corrected chi connectivity index (χ2v) is 7.35. The van der Waals surface area contributed by atoms with Gasteiger partial charge >= 0.3 is 0 Å². The summed E-state index contributed by atoms with van der Waals surface area (Å²) in [4.78, 5) is 11.8. The highest BCUT2D eigenvalue weighted by atomic mass is 32.2. The molecule has 18 heavy (non-hydrogen) atoms. The number of hydrogen-bond acceptors (Lipinski definition) is 4. The van der Waals surface area contributed by atoms with Crippen molar-refractivity contribution in [1.29, 1.82) is 0 Å². The lowest BCUT2D eigenvalue weighted by atomic mass is 9.88. The average molecular weight is 279 g/mol. The number of nitrogens with two attached hydrogens (primary N) is 1. The number of nitrogens with one attached hydrogen (secondary N) is 1. The zero-order chi connectivity index (χ0) is 14.6. The predicted molar refractivity (Wildman–Crippen MR) is 72.5 cm³/mol. The normalized spacial score (nSPS) is 15.8. The molecule has 0 bridgehead atoms. The molecule has 0 rings (SSSR count). The van der Waals surface area contributed by atoms with Gasteiger partial charge in [0.1, 0.15) is 0 Å². The highest BCUT2D eigenvalue weighted by molar-refractivity contribution is 7.89. The van der Waals surface area contributed by atoms with Crippen molar-refractivity contribution < 1.29 is 13.2 Å². The van der Waals surface area contributed by atoms with Gasteiger partial charge < -0.3 is 11.1 Å². The first-order valence-corrected chi connectivity index (χ1v) is 7.65. The highest BCUT2D eigenvalue weighted by Gasteiger charge is 2.29. The van der Waals surface area contributed by atoms with E-state index in [9.17, 15) is 13.2 Å². The van der Waals surface area contributed by atoms with Crippen LogP contribution in [0.2, 0.25) is 0 Å². The van der Waals surface area contributed by atoms with Crippen LogP contribution in [0.3, 0.4) is 0 Å². The van der Waals surface area contributed by atoms with Gasteiger partial charge in [-0.1, -0.05) is 13.8 Å². The number of carbonyl (C=O) groups excluding carboxylic acids is 1. The lowest BCUT2D eigenvalue weighted by Gasteiger charge is -2.34. The van der Waals surface area contributed by atoms with E-state index in [2.05, 4.69) is 5.32 Å². The largest absolute Gasteiger partial charge is 0.348 e. The summed E-state index contributed by atoms with van der Waals surface area (Å²) in [5.74, 6) is -0.189. The third-order valence-electron chi connectivity index (χ3n) is 3.33. The van der Waals surface area contributed by atoms with Gasteiger partial charge in [-0.05, 0) is 19.8 Å². The molecule has 0 aliphatic carbocycles. The summed E-state index contributed by atoms with van der Waals surface area (Å²) >= 11 is 0. The zero-order valence-electron chi connectivity index (χ0n) is 11.9. The molecule has 0 aromatic heterocycles. The minimum absolute atomic E-state index is 0.0187. The van der Waals surface area contributed by atoms with Crippen LogP contribution in [0.1, 0.15) is 27.7 Å². The Kier molecular flexibility index (Phi) is 6.25. The molecule has 6 nitrogen and oxygen atoms in total. The fourth-order valence-electron chi connectivity index (χ4n) is 1.31. The number of hydrogen-bond donors (Lipinski definition) is 2. The van der Waals surface area contributed by atoms with Crippen LogP contribution in [-0.4, -0.2) is 50.1 Å². The van der Waals surface area contributed by atoms with E-state index in [4.69, 9.17) is 5.73 Å². The fraction of sp³-hybridized carbons (Fsp3) is 0.909. The number of rotatable bonds is 7. The van der Waals surface area contributed by atoms with Crippen molar-refractivity contribution in [1.82, 2.24) is 9.62 Å². The van der Waals surface area contributed by atoms with Gasteiger partial charge in [0, 0.05) is 13.6 Å². The Morgan fingerprint density at radius 2 is 1.94 bits per heavy atom. The zero-order valence-corrected chi connectivity index (χ0v) is 12.7. The van der Waals surface area contributed by atoms with Crippen molar-refractivity contribution in [3.63, 3.8) is 0 Å². The first kappa shape index (κ1) is 17.3. The van der Waals surface area contributed by atoms with Crippen LogP contribution in [0.15, 0.2) is 0 Å². The van der Waals surface area contributed by atoms with Gasteiger partial charge in [0.05, 0.1) is 17.8 Å². The van der Waals surface area contributed by atoms with Crippen LogP contribution in [0.5, 0.6) is 0 Å². The summed E-state index contributed by atoms with van der Waals surface area (Å²) in [6.45, 7) is 7.43. The molecule has 1 unspecified atom stereocenters. The molecule has 0 aliphatic rings. The quantitative estimate of drug-likeness (QED) is 0.672. The molecule has 0 radical (unpaired) electrons. The van der Waals surface area contributed by atoms with Crippen molar-refractivity contribution in [2.45, 2.75) is 33.2 Å². The number of amides is 1. The Balaban J connectivity index is 4.63. The lowest BCUT2D eigenvalue weighted by Crippen LogP contribution is -2.57. The maximum atomic E-state index is 11.8. The maximum Gasteiger partial charge on any atom is 0.235 e. The van der Waals surface area contributed by atoms with Crippen LogP contribution in [-0.2, 0) is 14.8 Å². The van der Waals surface area contributed by atoms with E-state index in [0.717, 1.165) is 4.31 Å². The smallest absolute Gasteiger partial charge is 0.235 e. The van der Waals surface area contributed by atoms with E-state index in [-0.39, 0.29) is 24.1 Å². The summed E-state index contributed by atoms with van der Waals surface area (Å²) in [6, 6.07) is 0. The molecule has 0 aromatic rings. The molecule has 0 saturated heterocycles. The SMILES string of the molecule is CCS(=O)(=O)N(C)CC(=O)NC(C)(CN)C(C)C. The monoisotopic (exact) mass is 279 g/mol. The first-order valence-electron chi connectivity index (χ1n) is 6.04. The molecule has 7 heteroatoms. The van der Waals surface area contributed by atoms with Gasteiger partial charge in [0.25, 0.3) is 0 Å². The molecule has 0 fully saturated rings. The minimum atomic E-state index is -3.33. The van der Waals surface area contributed by atoms with Gasteiger partial charge in [0.15, 0.2) is 0 Å². The van der Waals surface area contributed by atoms with Gasteiger partial charge in [-0.15, -0.1) is 0 Å². The molecule has 0 heterocycles. The Bertz CT molecular complexity index is 381. The summed E-state index contributed by atoms with van der Waals surface area (Å²) in [7, 11) is -1.94. The molecule has 0 spiro atoms. The van der Waals surface area contributed by atoms with Crippen LogP contribution in [0, 0.1) is 5.92 Å². The van der Waals surface area contributed by atoms with E-state index in [1.54, 1.807) is 6.92 Å². The van der Waals surface area contributed by atoms with E-state index in [1.165, 1.54) is 7.05 Å². The second kappa shape index (κ2) is 6.49. The van der Waals surface area contributed by atoms with Crippen molar-refractivity contribution in [2.75, 3.05) is 25.9 Å². The third kappa shape index (κ3) is 4.55. The summed E-state index contributed by atoms with van der Waals surface area (Å²) < 4.78 is 24.1. The summed E-state index contributed by atoms with van der Waals surface area (Å²) in [5, 5.41) is 2.80. The van der Waals surface area contributed by atoms with Gasteiger partial charge in [-0.3, -0.25) is 4.79 Å². The minimum Gasteiger partial charge on any atom is -0.348 e. The summed E-state index contributed by atoms with van der Waals surface area (Å²) in [6.07, 6.45) is 0. The van der Waals surface area contributed by atoms with Gasteiger partial charge in [-0.25, -0.2) is 8.42 Å². The molecule has 1 amide bonds. The van der Waals surface area contributed by atoms with E-state index < -0.39 is 15.6 Å². The number of carbonyl (C=O) groups is 1. The maximum absolute atomic E-state index is 11.8. The Labute approximate surface area is 110 Å². The van der Waals surface area contributed by atoms with E-state index in [1.807, 2.05) is 20.8 Å². The highest BCUT2D eigenvalue weighted by Crippen LogP contribution is 2.14. The molecule has 0 aliphatic heterocycles. The first-order chi connectivity index (χ1) is 8.09. The molecule has 0 aromatic carbocycles. The van der Waals surface area contributed by atoms with Crippen molar-refractivity contribution in [3.8, 4) is 0 Å². The standard InChI is InChI=1S/C11H25N3O3S/c1-6-18(16,17)14(5)7-10(15)13-11(4,8-12)9(2)3/h9H,6-8,12H2,1-5H3,(H,13,15). The van der Waals surface area contributed by atoms with Gasteiger partial charge in [0.2, 0.25) is 15.9 Å². The topological polar surface area (TPSA) is 92.5 Å². The third-order valence-corrected chi connectivity index (χ3v) is 5.14. The summed E-state index contributed by atoms with van der Waals surface area (Å²) in [5.41, 5.74) is 5.13. The molecular formula is C11H25N3O3S. The molecule has 108 valence electrons. The lowest BCUT2D eigenvalue weighted by molar-refractivity contribution is -0.123. The Hall–Kier alpha value is -0.660. The fourth-order valence-corrected chi connectivity index (χ4v) is 2.06. The van der Waals surface area contributed by atoms with Gasteiger partial charge in [-0.2, -0.15) is 4.31 Å². The number of likely N-dealkylation sites (N-methyl/N-ethyl adjacent to an activating group) is 1. The average Bonchev–Trinajstić information content (AvgIpc) is 2.28. The molecular weight excluding hydrogens is 254 g/mol. The van der Waals surface area contributed by atoms with Crippen LogP contribution >= 0.6 is 0 Å². The van der Waals surface area contributed by atoms with Crippen molar-refractivity contribution in [2.24, 2.45) is 11.7 Å². The molecule has 1 atom stereocenters. The Morgan fingerprint density at radius 1 is 1.44 bits per heavy atom. The van der Waals surface area contributed by atoms with Crippen molar-refractivity contribution >= 4 is 15.9 Å². The Morgan fingerprint density at radius 3 is 2.28 bits per heavy atom. The van der Waals surface area contributed by atoms with E-state index in [0.29, 0.717) is 6.54 Å². The number of nitrogens with zero attached hydrogens (tertiary/aromatic N) is 1. The van der Waals surface area contributed by atoms with Crippen LogP contribution in [0.4, 0.5) is 0 Å². The van der Waals surface area contributed by atoms with E-state index >= 15 is 0 Å². The van der Waals surface area contributed by atoms with Crippen LogP contribution < -0.4 is 11.1 Å². The molecule has 0 saturated carbocycles.